The zero-order chi connectivity index (χ0) is 19.9. The lowest BCUT2D eigenvalue weighted by molar-refractivity contribution is 1.18. The molecule has 2 heteroatoms. The Labute approximate surface area is 175 Å². The number of para-hydroxylation sites is 2. The minimum absolute atomic E-state index is 1.08. The largest absolute Gasteiger partial charge is 0.355 e. The highest BCUT2D eigenvalue weighted by Crippen LogP contribution is 2.38. The van der Waals surface area contributed by atoms with Crippen molar-refractivity contribution >= 4 is 44.0 Å². The number of nitrogens with zero attached hydrogens (tertiary/aromatic N) is 1. The summed E-state index contributed by atoms with van der Waals surface area (Å²) in [4.78, 5) is 0. The van der Waals surface area contributed by atoms with Crippen molar-refractivity contribution < 1.29 is 0 Å². The number of fused-ring (bicyclic) bond motifs is 5. The monoisotopic (exact) mass is 384 g/mol. The second-order valence-corrected chi connectivity index (χ2v) is 7.57. The summed E-state index contributed by atoms with van der Waals surface area (Å²) in [5, 5.41) is 8.67. The lowest BCUT2D eigenvalue weighted by Crippen LogP contribution is -1.94. The molecule has 142 valence electrons. The van der Waals surface area contributed by atoms with Gasteiger partial charge in [-0.2, -0.15) is 0 Å². The minimum Gasteiger partial charge on any atom is -0.355 e. The molecule has 0 aliphatic rings. The van der Waals surface area contributed by atoms with E-state index in [2.05, 4.69) is 107 Å². The molecule has 0 unspecified atom stereocenters. The van der Waals surface area contributed by atoms with E-state index >= 15 is 0 Å². The summed E-state index contributed by atoms with van der Waals surface area (Å²) < 4.78 is 2.37. The molecule has 0 saturated carbocycles. The van der Waals surface area contributed by atoms with Crippen molar-refractivity contribution in [3.05, 3.63) is 115 Å². The molecule has 0 amide bonds. The zero-order valence-corrected chi connectivity index (χ0v) is 16.4. The van der Waals surface area contributed by atoms with Crippen LogP contribution in [0.3, 0.4) is 0 Å². The Hall–Kier alpha value is -4.04. The van der Waals surface area contributed by atoms with E-state index in [1.54, 1.807) is 0 Å². The number of rotatable bonds is 3. The van der Waals surface area contributed by atoms with Crippen LogP contribution in [0.25, 0.3) is 38.3 Å². The van der Waals surface area contributed by atoms with Gasteiger partial charge in [0, 0.05) is 27.8 Å². The third-order valence-corrected chi connectivity index (χ3v) is 5.73. The SMILES string of the molecule is c1ccc(Nc2ccc3c4c5ccccc5ccc4n(-c4ccccc4)c3c2)cc1. The van der Waals surface area contributed by atoms with E-state index in [-0.39, 0.29) is 0 Å². The van der Waals surface area contributed by atoms with E-state index in [0.717, 1.165) is 11.4 Å². The van der Waals surface area contributed by atoms with Gasteiger partial charge in [0.05, 0.1) is 11.0 Å². The van der Waals surface area contributed by atoms with Crippen LogP contribution in [0.4, 0.5) is 11.4 Å². The number of hydrogen-bond acceptors (Lipinski definition) is 1. The van der Waals surface area contributed by atoms with Gasteiger partial charge < -0.3 is 9.88 Å². The van der Waals surface area contributed by atoms with E-state index in [1.165, 1.54) is 38.3 Å². The summed E-state index contributed by atoms with van der Waals surface area (Å²) in [5.41, 5.74) is 5.77. The molecule has 0 radical (unpaired) electrons. The van der Waals surface area contributed by atoms with E-state index in [4.69, 9.17) is 0 Å². The van der Waals surface area contributed by atoms with Gasteiger partial charge >= 0.3 is 0 Å². The summed E-state index contributed by atoms with van der Waals surface area (Å²) in [6.45, 7) is 0. The molecule has 30 heavy (non-hydrogen) atoms. The molecule has 5 aromatic carbocycles. The van der Waals surface area contributed by atoms with Crippen LogP contribution < -0.4 is 5.32 Å². The fourth-order valence-corrected chi connectivity index (χ4v) is 4.41. The lowest BCUT2D eigenvalue weighted by Gasteiger charge is -2.10. The summed E-state index contributed by atoms with van der Waals surface area (Å²) in [6.07, 6.45) is 0. The molecule has 1 N–H and O–H groups in total. The molecular formula is C28H20N2. The highest BCUT2D eigenvalue weighted by atomic mass is 15.0. The first-order valence-corrected chi connectivity index (χ1v) is 10.2. The molecule has 1 heterocycles. The Morgan fingerprint density at radius 3 is 2.07 bits per heavy atom. The molecule has 6 aromatic rings. The first-order chi connectivity index (χ1) is 14.9. The molecule has 0 aliphatic carbocycles. The molecule has 0 spiro atoms. The molecule has 0 fully saturated rings. The topological polar surface area (TPSA) is 17.0 Å². The van der Waals surface area contributed by atoms with E-state index in [0.29, 0.717) is 0 Å². The molecule has 0 saturated heterocycles. The summed E-state index contributed by atoms with van der Waals surface area (Å²) in [7, 11) is 0. The van der Waals surface area contributed by atoms with E-state index in [1.807, 2.05) is 18.2 Å². The maximum Gasteiger partial charge on any atom is 0.0561 e. The zero-order valence-electron chi connectivity index (χ0n) is 16.4. The number of benzene rings is 5. The van der Waals surface area contributed by atoms with Gasteiger partial charge in [-0.3, -0.25) is 0 Å². The van der Waals surface area contributed by atoms with Gasteiger partial charge in [-0.05, 0) is 53.2 Å². The quantitative estimate of drug-likeness (QED) is 0.331. The fraction of sp³-hybridized carbons (Fsp3) is 0. The van der Waals surface area contributed by atoms with Crippen LogP contribution in [0, 0.1) is 0 Å². The van der Waals surface area contributed by atoms with Gasteiger partial charge in [0.25, 0.3) is 0 Å². The number of hydrogen-bond donors (Lipinski definition) is 1. The Kier molecular flexibility index (Phi) is 3.82. The van der Waals surface area contributed by atoms with Crippen molar-refractivity contribution in [3.8, 4) is 5.69 Å². The highest BCUT2D eigenvalue weighted by Gasteiger charge is 2.15. The van der Waals surface area contributed by atoms with E-state index < -0.39 is 0 Å². The normalized spacial score (nSPS) is 11.3. The Morgan fingerprint density at radius 2 is 1.23 bits per heavy atom. The van der Waals surface area contributed by atoms with Crippen LogP contribution in [-0.4, -0.2) is 4.57 Å². The Bertz CT molecular complexity index is 1500. The van der Waals surface area contributed by atoms with Crippen LogP contribution in [0.2, 0.25) is 0 Å². The summed E-state index contributed by atoms with van der Waals surface area (Å²) >= 11 is 0. The molecule has 0 aliphatic heterocycles. The minimum atomic E-state index is 1.08. The number of aromatic nitrogens is 1. The van der Waals surface area contributed by atoms with Crippen LogP contribution >= 0.6 is 0 Å². The van der Waals surface area contributed by atoms with Gasteiger partial charge in [0.15, 0.2) is 0 Å². The van der Waals surface area contributed by atoms with Crippen LogP contribution in [-0.2, 0) is 0 Å². The van der Waals surface area contributed by atoms with Crippen molar-refractivity contribution in [1.82, 2.24) is 4.57 Å². The average molecular weight is 384 g/mol. The van der Waals surface area contributed by atoms with Gasteiger partial charge in [-0.25, -0.2) is 0 Å². The van der Waals surface area contributed by atoms with Gasteiger partial charge in [-0.1, -0.05) is 72.8 Å². The molecule has 0 atom stereocenters. The predicted molar refractivity (Wildman–Crippen MR) is 128 cm³/mol. The second-order valence-electron chi connectivity index (χ2n) is 7.57. The summed E-state index contributed by atoms with van der Waals surface area (Å²) in [6, 6.07) is 40.7. The highest BCUT2D eigenvalue weighted by molar-refractivity contribution is 6.21. The van der Waals surface area contributed by atoms with Crippen LogP contribution in [0.5, 0.6) is 0 Å². The molecular weight excluding hydrogens is 364 g/mol. The molecule has 1 aromatic heterocycles. The van der Waals surface area contributed by atoms with Gasteiger partial charge in [-0.15, -0.1) is 0 Å². The van der Waals surface area contributed by atoms with Crippen molar-refractivity contribution in [2.45, 2.75) is 0 Å². The van der Waals surface area contributed by atoms with Crippen molar-refractivity contribution in [2.24, 2.45) is 0 Å². The van der Waals surface area contributed by atoms with Crippen LogP contribution in [0.1, 0.15) is 0 Å². The molecule has 0 bridgehead atoms. The predicted octanol–water partition coefficient (Wildman–Crippen LogP) is 7.68. The molecule has 2 nitrogen and oxygen atoms in total. The first-order valence-electron chi connectivity index (χ1n) is 10.2. The standard InChI is InChI=1S/C28H20N2/c1-3-10-21(11-4-1)29-22-16-17-25-27(19-22)30(23-12-5-2-6-13-23)26-18-15-20-9-7-8-14-24(20)28(25)26/h1-19,29H. The number of nitrogens with one attached hydrogen (secondary N) is 1. The van der Waals surface area contributed by atoms with E-state index in [9.17, 15) is 0 Å². The third kappa shape index (κ3) is 2.66. The van der Waals surface area contributed by atoms with Crippen molar-refractivity contribution in [1.29, 1.82) is 0 Å². The second kappa shape index (κ2) is 6.78. The Balaban J connectivity index is 1.68. The lowest BCUT2D eigenvalue weighted by atomic mass is 10.0. The maximum atomic E-state index is 3.54. The molecule has 6 rings (SSSR count). The summed E-state index contributed by atoms with van der Waals surface area (Å²) in [5.74, 6) is 0. The smallest absolute Gasteiger partial charge is 0.0561 e. The fourth-order valence-electron chi connectivity index (χ4n) is 4.41. The Morgan fingerprint density at radius 1 is 0.500 bits per heavy atom. The maximum absolute atomic E-state index is 3.54. The first kappa shape index (κ1) is 16.9. The van der Waals surface area contributed by atoms with Crippen LogP contribution in [0.15, 0.2) is 115 Å². The van der Waals surface area contributed by atoms with Crippen molar-refractivity contribution in [2.75, 3.05) is 5.32 Å². The third-order valence-electron chi connectivity index (χ3n) is 5.73. The average Bonchev–Trinajstić information content (AvgIpc) is 3.14. The van der Waals surface area contributed by atoms with Gasteiger partial charge in [0.2, 0.25) is 0 Å². The number of anilines is 2. The van der Waals surface area contributed by atoms with Gasteiger partial charge in [0.1, 0.15) is 0 Å². The van der Waals surface area contributed by atoms with Crippen molar-refractivity contribution in [3.63, 3.8) is 0 Å².